The molecule has 0 radical (unpaired) electrons. The quantitative estimate of drug-likeness (QED) is 0.352. The van der Waals surface area contributed by atoms with Gasteiger partial charge in [0.15, 0.2) is 11.5 Å². The second-order valence-corrected chi connectivity index (χ2v) is 8.20. The smallest absolute Gasteiger partial charge is 0.294 e. The van der Waals surface area contributed by atoms with Crippen molar-refractivity contribution in [3.63, 3.8) is 0 Å². The first-order chi connectivity index (χ1) is 16.0. The van der Waals surface area contributed by atoms with Crippen LogP contribution >= 0.6 is 11.3 Å². The van der Waals surface area contributed by atoms with Crippen molar-refractivity contribution in [1.82, 2.24) is 4.68 Å². The second kappa shape index (κ2) is 9.86. The number of rotatable bonds is 7. The summed E-state index contributed by atoms with van der Waals surface area (Å²) in [4.78, 5) is 16.2. The lowest BCUT2D eigenvalue weighted by Gasteiger charge is -2.14. The van der Waals surface area contributed by atoms with Gasteiger partial charge >= 0.3 is 0 Å². The van der Waals surface area contributed by atoms with Crippen LogP contribution in [-0.4, -0.2) is 36.6 Å². The highest BCUT2D eigenvalue weighted by atomic mass is 32.1. The number of methoxy groups -OCH3 is 3. The number of hydrogen-bond acceptors (Lipinski definition) is 8. The van der Waals surface area contributed by atoms with Crippen LogP contribution in [-0.2, 0) is 0 Å². The Morgan fingerprint density at radius 3 is 2.30 bits per heavy atom. The van der Waals surface area contributed by atoms with Crippen molar-refractivity contribution in [1.29, 1.82) is 0 Å². The molecule has 0 saturated heterocycles. The van der Waals surface area contributed by atoms with Crippen LogP contribution in [0.25, 0.3) is 11.3 Å². The van der Waals surface area contributed by atoms with Gasteiger partial charge in [-0.2, -0.15) is 5.10 Å². The first-order valence-electron chi connectivity index (χ1n) is 10.4. The molecule has 9 nitrogen and oxygen atoms in total. The molecule has 4 rings (SSSR count). The lowest BCUT2D eigenvalue weighted by molar-refractivity contribution is -0.384. The average Bonchev–Trinajstić information content (AvgIpc) is 3.49. The Balaban J connectivity index is 1.94. The van der Waals surface area contributed by atoms with E-state index in [1.165, 1.54) is 17.4 Å². The van der Waals surface area contributed by atoms with Crippen molar-refractivity contribution in [2.45, 2.75) is 25.7 Å². The third-order valence-corrected chi connectivity index (χ3v) is 6.18. The summed E-state index contributed by atoms with van der Waals surface area (Å²) in [6.45, 7) is 0. The van der Waals surface area contributed by atoms with Gasteiger partial charge in [0.05, 0.1) is 31.9 Å². The zero-order valence-electron chi connectivity index (χ0n) is 18.6. The van der Waals surface area contributed by atoms with E-state index in [9.17, 15) is 10.1 Å². The van der Waals surface area contributed by atoms with Gasteiger partial charge in [0.25, 0.3) is 5.69 Å². The van der Waals surface area contributed by atoms with Gasteiger partial charge in [0, 0.05) is 22.7 Å². The van der Waals surface area contributed by atoms with Crippen LogP contribution in [0.3, 0.4) is 0 Å². The number of para-hydroxylation sites is 2. The van der Waals surface area contributed by atoms with E-state index in [0.29, 0.717) is 22.0 Å². The van der Waals surface area contributed by atoms with Crippen molar-refractivity contribution in [3.8, 4) is 28.5 Å². The standard InChI is InChI=1S/C23H24N4O5S/c1-30-20-12-15(13-21(31-2)22(20)32-3)19-14-33-23(26(19)25-16-8-4-5-9-16)24-17-10-6-7-11-18(17)27(28)29/h6-7,10-14H,4-5,8-9H2,1-3H3. The van der Waals surface area contributed by atoms with Crippen LogP contribution in [0, 0.1) is 10.1 Å². The van der Waals surface area contributed by atoms with E-state index < -0.39 is 4.92 Å². The normalized spacial score (nSPS) is 13.8. The SMILES string of the molecule is COc1cc(-c2csc(=Nc3ccccc3[N+](=O)[O-])n2N=C2CCCC2)cc(OC)c1OC. The summed E-state index contributed by atoms with van der Waals surface area (Å²) >= 11 is 1.36. The molecule has 10 heteroatoms. The van der Waals surface area contributed by atoms with E-state index >= 15 is 0 Å². The van der Waals surface area contributed by atoms with Gasteiger partial charge in [-0.15, -0.1) is 11.3 Å². The molecule has 1 saturated carbocycles. The molecule has 1 aromatic heterocycles. The van der Waals surface area contributed by atoms with E-state index in [4.69, 9.17) is 19.3 Å². The van der Waals surface area contributed by atoms with Gasteiger partial charge in [-0.3, -0.25) is 10.1 Å². The van der Waals surface area contributed by atoms with E-state index in [-0.39, 0.29) is 11.4 Å². The number of ether oxygens (including phenoxy) is 3. The predicted octanol–water partition coefficient (Wildman–Crippen LogP) is 5.16. The summed E-state index contributed by atoms with van der Waals surface area (Å²) in [6.07, 6.45) is 4.03. The minimum absolute atomic E-state index is 0.0553. The summed E-state index contributed by atoms with van der Waals surface area (Å²) in [5.41, 5.74) is 2.87. The molecule has 0 bridgehead atoms. The number of nitrogens with zero attached hydrogens (tertiary/aromatic N) is 4. The van der Waals surface area contributed by atoms with Gasteiger partial charge in [0.2, 0.25) is 10.6 Å². The molecule has 0 atom stereocenters. The molecule has 0 amide bonds. The Morgan fingerprint density at radius 2 is 1.70 bits per heavy atom. The van der Waals surface area contributed by atoms with Crippen molar-refractivity contribution >= 4 is 28.4 Å². The third-order valence-electron chi connectivity index (χ3n) is 5.36. The molecule has 1 aliphatic carbocycles. The summed E-state index contributed by atoms with van der Waals surface area (Å²) in [7, 11) is 4.69. The van der Waals surface area contributed by atoms with Crippen molar-refractivity contribution in [2.75, 3.05) is 21.3 Å². The first-order valence-corrected chi connectivity index (χ1v) is 11.3. The number of nitro benzene ring substituents is 1. The fraction of sp³-hybridized carbons (Fsp3) is 0.304. The lowest BCUT2D eigenvalue weighted by Crippen LogP contribution is -2.13. The summed E-state index contributed by atoms with van der Waals surface area (Å²) in [5.74, 6) is 1.54. The Morgan fingerprint density at radius 1 is 1.03 bits per heavy atom. The molecule has 33 heavy (non-hydrogen) atoms. The van der Waals surface area contributed by atoms with Gasteiger partial charge in [0.1, 0.15) is 5.69 Å². The molecule has 1 aliphatic rings. The lowest BCUT2D eigenvalue weighted by atomic mass is 10.1. The highest BCUT2D eigenvalue weighted by molar-refractivity contribution is 7.07. The number of benzene rings is 2. The van der Waals surface area contributed by atoms with Crippen LogP contribution in [0.4, 0.5) is 11.4 Å². The maximum atomic E-state index is 11.5. The van der Waals surface area contributed by atoms with Crippen LogP contribution in [0.15, 0.2) is 51.9 Å². The fourth-order valence-corrected chi connectivity index (χ4v) is 4.58. The molecule has 0 spiro atoms. The highest BCUT2D eigenvalue weighted by Gasteiger charge is 2.19. The number of hydrogen-bond donors (Lipinski definition) is 0. The molecular formula is C23H24N4O5S. The zero-order chi connectivity index (χ0) is 23.4. The van der Waals surface area contributed by atoms with Crippen molar-refractivity contribution < 1.29 is 19.1 Å². The molecule has 172 valence electrons. The molecule has 1 heterocycles. The van der Waals surface area contributed by atoms with E-state index in [0.717, 1.165) is 42.7 Å². The second-order valence-electron chi connectivity index (χ2n) is 7.36. The molecule has 0 N–H and O–H groups in total. The van der Waals surface area contributed by atoms with Gasteiger partial charge < -0.3 is 14.2 Å². The van der Waals surface area contributed by atoms with E-state index in [1.54, 1.807) is 44.2 Å². The molecule has 0 aliphatic heterocycles. The Kier molecular flexibility index (Phi) is 6.74. The minimum atomic E-state index is -0.431. The summed E-state index contributed by atoms with van der Waals surface area (Å²) in [5, 5.41) is 18.3. The molecule has 2 aromatic carbocycles. The molecule has 1 fully saturated rings. The number of nitro groups is 1. The number of aromatic nitrogens is 1. The maximum absolute atomic E-state index is 11.5. The van der Waals surface area contributed by atoms with Gasteiger partial charge in [-0.1, -0.05) is 12.1 Å². The summed E-state index contributed by atoms with van der Waals surface area (Å²) < 4.78 is 18.2. The van der Waals surface area contributed by atoms with Crippen molar-refractivity contribution in [3.05, 3.63) is 56.7 Å². The molecule has 3 aromatic rings. The van der Waals surface area contributed by atoms with E-state index in [1.807, 2.05) is 17.5 Å². The predicted molar refractivity (Wildman–Crippen MR) is 127 cm³/mol. The van der Waals surface area contributed by atoms with Crippen LogP contribution < -0.4 is 19.0 Å². The molecular weight excluding hydrogens is 444 g/mol. The molecule has 0 unspecified atom stereocenters. The number of thiazole rings is 1. The third kappa shape index (κ3) is 4.61. The first kappa shape index (κ1) is 22.5. The fourth-order valence-electron chi connectivity index (χ4n) is 3.74. The maximum Gasteiger partial charge on any atom is 0.294 e. The Hall–Kier alpha value is -3.66. The zero-order valence-corrected chi connectivity index (χ0v) is 19.4. The van der Waals surface area contributed by atoms with E-state index in [2.05, 4.69) is 4.99 Å². The average molecular weight is 469 g/mol. The Bertz CT molecular complexity index is 1240. The van der Waals surface area contributed by atoms with Crippen LogP contribution in [0.5, 0.6) is 17.2 Å². The van der Waals surface area contributed by atoms with Crippen molar-refractivity contribution in [2.24, 2.45) is 10.1 Å². The largest absolute Gasteiger partial charge is 0.493 e. The van der Waals surface area contributed by atoms with Crippen LogP contribution in [0.1, 0.15) is 25.7 Å². The monoisotopic (exact) mass is 468 g/mol. The Labute approximate surface area is 194 Å². The van der Waals surface area contributed by atoms with Crippen LogP contribution in [0.2, 0.25) is 0 Å². The minimum Gasteiger partial charge on any atom is -0.493 e. The highest BCUT2D eigenvalue weighted by Crippen LogP contribution is 2.41. The summed E-state index contributed by atoms with van der Waals surface area (Å²) in [6, 6.07) is 10.1. The van der Waals surface area contributed by atoms with Gasteiger partial charge in [-0.05, 0) is 43.9 Å². The van der Waals surface area contributed by atoms with Gasteiger partial charge in [-0.25, -0.2) is 9.67 Å². The topological polar surface area (TPSA) is 100 Å².